The van der Waals surface area contributed by atoms with E-state index in [1.807, 2.05) is 0 Å². The van der Waals surface area contributed by atoms with E-state index in [2.05, 4.69) is 10.6 Å². The molecule has 2 aromatic carbocycles. The highest BCUT2D eigenvalue weighted by molar-refractivity contribution is 6.31. The molecule has 0 heterocycles. The Bertz CT molecular complexity index is 828. The normalized spacial score (nSPS) is 10.3. The number of nitrogens with one attached hydrogen (secondary N) is 2. The Morgan fingerprint density at radius 2 is 1.76 bits per heavy atom. The van der Waals surface area contributed by atoms with Crippen molar-refractivity contribution in [2.75, 3.05) is 17.7 Å². The summed E-state index contributed by atoms with van der Waals surface area (Å²) in [5, 5.41) is 5.34. The predicted molar refractivity (Wildman–Crippen MR) is 91.0 cm³/mol. The zero-order valence-corrected chi connectivity index (χ0v) is 14.2. The highest BCUT2D eigenvalue weighted by Crippen LogP contribution is 2.31. The van der Waals surface area contributed by atoms with E-state index in [-0.39, 0.29) is 5.69 Å². The summed E-state index contributed by atoms with van der Waals surface area (Å²) < 4.78 is 31.1. The maximum absolute atomic E-state index is 13.1. The molecule has 0 unspecified atom stereocenters. The zero-order valence-electron chi connectivity index (χ0n) is 13.5. The molecule has 0 atom stereocenters. The third kappa shape index (κ3) is 4.90. The van der Waals surface area contributed by atoms with Gasteiger partial charge in [0.25, 0.3) is 0 Å². The predicted octanol–water partition coefficient (Wildman–Crippen LogP) is 3.90. The van der Waals surface area contributed by atoms with E-state index in [9.17, 15) is 18.4 Å². The van der Waals surface area contributed by atoms with Gasteiger partial charge in [0.1, 0.15) is 12.2 Å². The Morgan fingerprint density at radius 1 is 1.08 bits per heavy atom. The van der Waals surface area contributed by atoms with E-state index in [0.717, 1.165) is 17.7 Å². The fourth-order valence-electron chi connectivity index (χ4n) is 2.05. The van der Waals surface area contributed by atoms with E-state index in [4.69, 9.17) is 16.3 Å². The standard InChI is InChI=1S/C17H15ClF2N2O3/c1-9-5-14(15(25-2)7-11(9)18)22-17(24)8-16(23)21-10-3-4-12(19)13(20)6-10/h3-7H,8H2,1-2H3,(H,21,23)(H,22,24). The highest BCUT2D eigenvalue weighted by atomic mass is 35.5. The van der Waals surface area contributed by atoms with Crippen molar-refractivity contribution in [1.82, 2.24) is 0 Å². The molecule has 0 aliphatic heterocycles. The van der Waals surface area contributed by atoms with Crippen molar-refractivity contribution < 1.29 is 23.1 Å². The first kappa shape index (κ1) is 18.7. The Labute approximate surface area is 147 Å². The van der Waals surface area contributed by atoms with E-state index in [1.165, 1.54) is 13.2 Å². The van der Waals surface area contributed by atoms with Crippen LogP contribution in [0, 0.1) is 18.6 Å². The number of halogens is 3. The van der Waals surface area contributed by atoms with E-state index in [1.54, 1.807) is 19.1 Å². The number of carbonyl (C=O) groups is 2. The lowest BCUT2D eigenvalue weighted by Crippen LogP contribution is -2.21. The minimum absolute atomic E-state index is 0.0524. The van der Waals surface area contributed by atoms with Crippen LogP contribution in [0.25, 0.3) is 0 Å². The van der Waals surface area contributed by atoms with Gasteiger partial charge in [0.05, 0.1) is 12.8 Å². The van der Waals surface area contributed by atoms with Crippen LogP contribution in [-0.2, 0) is 9.59 Å². The average molecular weight is 369 g/mol. The second kappa shape index (κ2) is 7.94. The molecule has 0 bridgehead atoms. The Balaban J connectivity index is 2.01. The SMILES string of the molecule is COc1cc(Cl)c(C)cc1NC(=O)CC(=O)Nc1ccc(F)c(F)c1. The maximum atomic E-state index is 13.1. The molecule has 2 aromatic rings. The molecular formula is C17H15ClF2N2O3. The van der Waals surface area contributed by atoms with Crippen LogP contribution in [-0.4, -0.2) is 18.9 Å². The largest absolute Gasteiger partial charge is 0.495 e. The second-order valence-electron chi connectivity index (χ2n) is 5.20. The summed E-state index contributed by atoms with van der Waals surface area (Å²) >= 11 is 5.99. The molecule has 0 aliphatic carbocycles. The number of aryl methyl sites for hydroxylation is 1. The Hall–Kier alpha value is -2.67. The molecule has 0 aromatic heterocycles. The maximum Gasteiger partial charge on any atom is 0.233 e. The lowest BCUT2D eigenvalue weighted by atomic mass is 10.2. The molecule has 0 radical (unpaired) electrons. The summed E-state index contributed by atoms with van der Waals surface area (Å²) in [5.41, 5.74) is 1.15. The molecule has 2 rings (SSSR count). The van der Waals surface area contributed by atoms with Crippen LogP contribution in [0.5, 0.6) is 5.75 Å². The van der Waals surface area contributed by atoms with Crippen LogP contribution in [0.2, 0.25) is 5.02 Å². The van der Waals surface area contributed by atoms with Gasteiger partial charge in [-0.05, 0) is 30.7 Å². The van der Waals surface area contributed by atoms with Gasteiger partial charge in [0, 0.05) is 22.8 Å². The molecule has 0 aliphatic rings. The molecule has 0 spiro atoms. The van der Waals surface area contributed by atoms with Gasteiger partial charge >= 0.3 is 0 Å². The quantitative estimate of drug-likeness (QED) is 0.786. The first-order valence-corrected chi connectivity index (χ1v) is 7.57. The van der Waals surface area contributed by atoms with E-state index in [0.29, 0.717) is 16.5 Å². The zero-order chi connectivity index (χ0) is 18.6. The van der Waals surface area contributed by atoms with Crippen LogP contribution in [0.4, 0.5) is 20.2 Å². The third-order valence-corrected chi connectivity index (χ3v) is 3.69. The lowest BCUT2D eigenvalue weighted by Gasteiger charge is -2.12. The minimum atomic E-state index is -1.09. The molecule has 8 heteroatoms. The number of methoxy groups -OCH3 is 1. The molecule has 2 amide bonds. The molecule has 0 saturated carbocycles. The Kier molecular flexibility index (Phi) is 5.93. The van der Waals surface area contributed by atoms with Crippen molar-refractivity contribution >= 4 is 34.8 Å². The van der Waals surface area contributed by atoms with Gasteiger partial charge in [-0.15, -0.1) is 0 Å². The number of amides is 2. The third-order valence-electron chi connectivity index (χ3n) is 3.28. The van der Waals surface area contributed by atoms with Crippen LogP contribution >= 0.6 is 11.6 Å². The summed E-state index contributed by atoms with van der Waals surface area (Å²) in [7, 11) is 1.42. The van der Waals surface area contributed by atoms with Crippen LogP contribution < -0.4 is 15.4 Å². The van der Waals surface area contributed by atoms with Crippen molar-refractivity contribution in [2.24, 2.45) is 0 Å². The van der Waals surface area contributed by atoms with E-state index >= 15 is 0 Å². The summed E-state index contributed by atoms with van der Waals surface area (Å²) in [6.07, 6.45) is -0.510. The smallest absolute Gasteiger partial charge is 0.233 e. The molecule has 2 N–H and O–H groups in total. The highest BCUT2D eigenvalue weighted by Gasteiger charge is 2.14. The number of benzene rings is 2. The number of hydrogen-bond acceptors (Lipinski definition) is 3. The second-order valence-corrected chi connectivity index (χ2v) is 5.61. The molecule has 5 nitrogen and oxygen atoms in total. The van der Waals surface area contributed by atoms with Crippen molar-refractivity contribution in [1.29, 1.82) is 0 Å². The van der Waals surface area contributed by atoms with Gasteiger partial charge in [0.15, 0.2) is 11.6 Å². The minimum Gasteiger partial charge on any atom is -0.495 e. The number of anilines is 2. The van der Waals surface area contributed by atoms with E-state index < -0.39 is 29.9 Å². The van der Waals surface area contributed by atoms with Gasteiger partial charge < -0.3 is 15.4 Å². The first-order valence-electron chi connectivity index (χ1n) is 7.19. The van der Waals surface area contributed by atoms with Gasteiger partial charge in [0.2, 0.25) is 11.8 Å². The molecular weight excluding hydrogens is 354 g/mol. The monoisotopic (exact) mass is 368 g/mol. The molecule has 25 heavy (non-hydrogen) atoms. The lowest BCUT2D eigenvalue weighted by molar-refractivity contribution is -0.123. The number of carbonyl (C=O) groups excluding carboxylic acids is 2. The van der Waals surface area contributed by atoms with Crippen LogP contribution in [0.15, 0.2) is 30.3 Å². The summed E-state index contributed by atoms with van der Waals surface area (Å²) in [6, 6.07) is 6.07. The average Bonchev–Trinajstić information content (AvgIpc) is 2.54. The Morgan fingerprint density at radius 3 is 2.40 bits per heavy atom. The van der Waals surface area contributed by atoms with Gasteiger partial charge in [-0.25, -0.2) is 8.78 Å². The van der Waals surface area contributed by atoms with Crippen molar-refractivity contribution in [2.45, 2.75) is 13.3 Å². The topological polar surface area (TPSA) is 67.4 Å². The van der Waals surface area contributed by atoms with Gasteiger partial charge in [-0.3, -0.25) is 9.59 Å². The number of rotatable bonds is 5. The van der Waals surface area contributed by atoms with Crippen molar-refractivity contribution in [3.63, 3.8) is 0 Å². The van der Waals surface area contributed by atoms with Crippen molar-refractivity contribution in [3.05, 3.63) is 52.6 Å². The summed E-state index contributed by atoms with van der Waals surface area (Å²) in [5.74, 6) is -3.04. The van der Waals surface area contributed by atoms with Gasteiger partial charge in [-0.1, -0.05) is 11.6 Å². The number of ether oxygens (including phenoxy) is 1. The van der Waals surface area contributed by atoms with Crippen molar-refractivity contribution in [3.8, 4) is 5.75 Å². The fraction of sp³-hybridized carbons (Fsp3) is 0.176. The fourth-order valence-corrected chi connectivity index (χ4v) is 2.20. The van der Waals surface area contributed by atoms with Crippen LogP contribution in [0.3, 0.4) is 0 Å². The molecule has 0 saturated heterocycles. The first-order chi connectivity index (χ1) is 11.8. The molecule has 132 valence electrons. The van der Waals surface area contributed by atoms with Gasteiger partial charge in [-0.2, -0.15) is 0 Å². The van der Waals surface area contributed by atoms with Crippen LogP contribution in [0.1, 0.15) is 12.0 Å². The summed E-state index contributed by atoms with van der Waals surface area (Å²) in [4.78, 5) is 23.8. The molecule has 0 fully saturated rings. The summed E-state index contributed by atoms with van der Waals surface area (Å²) in [6.45, 7) is 1.76. The number of hydrogen-bond donors (Lipinski definition) is 2.